The lowest BCUT2D eigenvalue weighted by Crippen LogP contribution is -2.01. The molecule has 3 aromatic rings. The lowest BCUT2D eigenvalue weighted by atomic mass is 10.1. The van der Waals surface area contributed by atoms with Crippen molar-refractivity contribution in [2.24, 2.45) is 0 Å². The molecule has 0 aliphatic carbocycles. The fraction of sp³-hybridized carbons (Fsp3) is 0.357. The van der Waals surface area contributed by atoms with Gasteiger partial charge in [-0.1, -0.05) is 18.2 Å². The molecule has 0 unspecified atom stereocenters. The topological polar surface area (TPSA) is 66.0 Å². The van der Waals surface area contributed by atoms with Gasteiger partial charge in [0, 0.05) is 12.0 Å². The van der Waals surface area contributed by atoms with E-state index in [-0.39, 0.29) is 5.92 Å². The molecule has 0 saturated carbocycles. The first-order chi connectivity index (χ1) is 9.90. The van der Waals surface area contributed by atoms with Gasteiger partial charge in [-0.2, -0.15) is 5.10 Å². The number of rotatable bonds is 3. The smallest absolute Gasteiger partial charge is 0.237 e. The van der Waals surface area contributed by atoms with Crippen molar-refractivity contribution >= 4 is 10.9 Å². The van der Waals surface area contributed by atoms with E-state index in [4.69, 9.17) is 9.15 Å². The summed E-state index contributed by atoms with van der Waals surface area (Å²) in [5, 5.41) is 13.7. The van der Waals surface area contributed by atoms with Crippen molar-refractivity contribution in [1.82, 2.24) is 20.0 Å². The van der Waals surface area contributed by atoms with Crippen LogP contribution >= 0.6 is 0 Å². The van der Waals surface area contributed by atoms with Crippen LogP contribution in [0.25, 0.3) is 10.9 Å². The summed E-state index contributed by atoms with van der Waals surface area (Å²) in [5.74, 6) is 1.50. The number of para-hydroxylation sites is 1. The molecule has 0 bridgehead atoms. The molecule has 6 nitrogen and oxygen atoms in total. The van der Waals surface area contributed by atoms with E-state index in [0.29, 0.717) is 24.9 Å². The summed E-state index contributed by atoms with van der Waals surface area (Å²) in [6.45, 7) is 1.94. The summed E-state index contributed by atoms with van der Waals surface area (Å²) < 4.78 is 12.9. The lowest BCUT2D eigenvalue weighted by Gasteiger charge is -2.00. The quantitative estimate of drug-likeness (QED) is 0.728. The molecule has 0 amide bonds. The molecule has 1 aromatic carbocycles. The van der Waals surface area contributed by atoms with Crippen molar-refractivity contribution in [3.63, 3.8) is 0 Å². The molecule has 1 saturated heterocycles. The minimum atomic E-state index is 0.241. The van der Waals surface area contributed by atoms with Crippen LogP contribution in [-0.2, 0) is 11.3 Å². The van der Waals surface area contributed by atoms with Crippen LogP contribution in [-0.4, -0.2) is 33.2 Å². The van der Waals surface area contributed by atoms with E-state index in [9.17, 15) is 0 Å². The Hall–Kier alpha value is -2.21. The van der Waals surface area contributed by atoms with Gasteiger partial charge in [-0.25, -0.2) is 0 Å². The van der Waals surface area contributed by atoms with Gasteiger partial charge in [-0.05, 0) is 12.5 Å². The third kappa shape index (κ3) is 1.98. The first-order valence-corrected chi connectivity index (χ1v) is 6.71. The molecule has 102 valence electrons. The maximum atomic E-state index is 5.73. The van der Waals surface area contributed by atoms with Gasteiger partial charge >= 0.3 is 0 Å². The van der Waals surface area contributed by atoms with Crippen LogP contribution in [0.2, 0.25) is 0 Å². The fourth-order valence-electron chi connectivity index (χ4n) is 2.50. The van der Waals surface area contributed by atoms with Gasteiger partial charge in [0.05, 0.1) is 24.2 Å². The summed E-state index contributed by atoms with van der Waals surface area (Å²) in [4.78, 5) is 0. The highest BCUT2D eigenvalue weighted by Crippen LogP contribution is 2.24. The second-order valence-electron chi connectivity index (χ2n) is 4.96. The van der Waals surface area contributed by atoms with Crippen molar-refractivity contribution in [3.8, 4) is 0 Å². The predicted octanol–water partition coefficient (Wildman–Crippen LogP) is 1.97. The van der Waals surface area contributed by atoms with E-state index >= 15 is 0 Å². The van der Waals surface area contributed by atoms with Crippen LogP contribution in [0.4, 0.5) is 0 Å². The van der Waals surface area contributed by atoms with Crippen LogP contribution in [0.3, 0.4) is 0 Å². The average Bonchev–Trinajstić information content (AvgIpc) is 3.19. The minimum Gasteiger partial charge on any atom is -0.423 e. The Labute approximate surface area is 115 Å². The highest BCUT2D eigenvalue weighted by molar-refractivity contribution is 5.78. The van der Waals surface area contributed by atoms with Gasteiger partial charge in [-0.15, -0.1) is 10.2 Å². The standard InChI is InChI=1S/C14H14N4O2/c1-2-4-12-10(3-1)7-15-18(12)8-13-16-17-14(20-13)11-5-6-19-9-11/h1-4,7,11H,5-6,8-9H2/t11-/m1/s1. The Kier molecular flexibility index (Phi) is 2.74. The maximum Gasteiger partial charge on any atom is 0.237 e. The van der Waals surface area contributed by atoms with E-state index in [2.05, 4.69) is 15.3 Å². The summed E-state index contributed by atoms with van der Waals surface area (Å²) in [6, 6.07) is 8.06. The molecule has 0 spiro atoms. The normalized spacial score (nSPS) is 18.9. The zero-order chi connectivity index (χ0) is 13.4. The molecule has 1 fully saturated rings. The van der Waals surface area contributed by atoms with Crippen LogP contribution < -0.4 is 0 Å². The first kappa shape index (κ1) is 11.6. The van der Waals surface area contributed by atoms with E-state index in [1.54, 1.807) is 0 Å². The lowest BCUT2D eigenvalue weighted by molar-refractivity contribution is 0.190. The first-order valence-electron chi connectivity index (χ1n) is 6.71. The van der Waals surface area contributed by atoms with Crippen LogP contribution in [0.1, 0.15) is 24.1 Å². The monoisotopic (exact) mass is 270 g/mol. The van der Waals surface area contributed by atoms with Crippen molar-refractivity contribution in [3.05, 3.63) is 42.2 Å². The van der Waals surface area contributed by atoms with E-state index < -0.39 is 0 Å². The van der Waals surface area contributed by atoms with Gasteiger partial charge < -0.3 is 9.15 Å². The average molecular weight is 270 g/mol. The molecular weight excluding hydrogens is 256 g/mol. The Bertz CT molecular complexity index is 727. The number of benzene rings is 1. The second-order valence-corrected chi connectivity index (χ2v) is 4.96. The Morgan fingerprint density at radius 1 is 1.25 bits per heavy atom. The van der Waals surface area contributed by atoms with Gasteiger partial charge in [0.25, 0.3) is 0 Å². The maximum absolute atomic E-state index is 5.73. The zero-order valence-electron chi connectivity index (χ0n) is 10.9. The summed E-state index contributed by atoms with van der Waals surface area (Å²) >= 11 is 0. The van der Waals surface area contributed by atoms with Gasteiger partial charge in [0.15, 0.2) is 0 Å². The summed E-state index contributed by atoms with van der Waals surface area (Å²) in [7, 11) is 0. The largest absolute Gasteiger partial charge is 0.423 e. The van der Waals surface area contributed by atoms with Gasteiger partial charge in [0.1, 0.15) is 6.54 Å². The molecule has 1 aliphatic heterocycles. The molecule has 20 heavy (non-hydrogen) atoms. The summed E-state index contributed by atoms with van der Waals surface area (Å²) in [6.07, 6.45) is 2.80. The Balaban J connectivity index is 1.59. The van der Waals surface area contributed by atoms with Crippen molar-refractivity contribution < 1.29 is 9.15 Å². The van der Waals surface area contributed by atoms with Gasteiger partial charge in [0.2, 0.25) is 11.8 Å². The van der Waals surface area contributed by atoms with Crippen molar-refractivity contribution in [2.75, 3.05) is 13.2 Å². The van der Waals surface area contributed by atoms with E-state index in [0.717, 1.165) is 23.9 Å². The molecule has 0 radical (unpaired) electrons. The third-order valence-corrected chi connectivity index (χ3v) is 3.60. The molecule has 0 N–H and O–H groups in total. The number of aromatic nitrogens is 4. The highest BCUT2D eigenvalue weighted by atomic mass is 16.5. The Morgan fingerprint density at radius 2 is 2.20 bits per heavy atom. The zero-order valence-corrected chi connectivity index (χ0v) is 10.9. The summed E-state index contributed by atoms with van der Waals surface area (Å²) in [5.41, 5.74) is 1.07. The minimum absolute atomic E-state index is 0.241. The van der Waals surface area contributed by atoms with Crippen LogP contribution in [0.15, 0.2) is 34.9 Å². The number of ether oxygens (including phenoxy) is 1. The van der Waals surface area contributed by atoms with Crippen LogP contribution in [0, 0.1) is 0 Å². The fourth-order valence-corrected chi connectivity index (χ4v) is 2.50. The number of hydrogen-bond donors (Lipinski definition) is 0. The second kappa shape index (κ2) is 4.72. The molecule has 3 heterocycles. The predicted molar refractivity (Wildman–Crippen MR) is 71.3 cm³/mol. The number of nitrogens with zero attached hydrogens (tertiary/aromatic N) is 4. The van der Waals surface area contributed by atoms with E-state index in [1.807, 2.05) is 35.1 Å². The van der Waals surface area contributed by atoms with Gasteiger partial charge in [-0.3, -0.25) is 4.68 Å². The van der Waals surface area contributed by atoms with E-state index in [1.165, 1.54) is 0 Å². The van der Waals surface area contributed by atoms with Crippen molar-refractivity contribution in [2.45, 2.75) is 18.9 Å². The molecule has 1 atom stereocenters. The van der Waals surface area contributed by atoms with Crippen molar-refractivity contribution in [1.29, 1.82) is 0 Å². The SMILES string of the molecule is c1ccc2c(c1)cnn2Cc1nnc([C@@H]2CCOC2)o1. The number of hydrogen-bond acceptors (Lipinski definition) is 5. The molecular formula is C14H14N4O2. The highest BCUT2D eigenvalue weighted by Gasteiger charge is 2.23. The van der Waals surface area contributed by atoms with Crippen LogP contribution in [0.5, 0.6) is 0 Å². The number of fused-ring (bicyclic) bond motifs is 1. The third-order valence-electron chi connectivity index (χ3n) is 3.60. The molecule has 4 rings (SSSR count). The Morgan fingerprint density at radius 3 is 3.10 bits per heavy atom. The molecule has 1 aliphatic rings. The molecule has 6 heteroatoms. The molecule has 2 aromatic heterocycles.